The number of nitrogens with one attached hydrogen (secondary N) is 2. The molecule has 0 saturated carbocycles. The zero-order valence-corrected chi connectivity index (χ0v) is 17.3. The monoisotopic (exact) mass is 391 g/mol. The Morgan fingerprint density at radius 1 is 0.931 bits per heavy atom. The molecular formula is C23H25N3O3. The molecule has 6 nitrogen and oxygen atoms in total. The fraction of sp³-hybridized carbons (Fsp3) is 0.217. The normalized spacial score (nSPS) is 10.4. The lowest BCUT2D eigenvalue weighted by atomic mass is 10.0. The quantitative estimate of drug-likeness (QED) is 0.617. The Balaban J connectivity index is 1.82. The van der Waals surface area contributed by atoms with Crippen molar-refractivity contribution >= 4 is 23.0 Å². The van der Waals surface area contributed by atoms with Gasteiger partial charge in [0.25, 0.3) is 5.91 Å². The number of amides is 1. The van der Waals surface area contributed by atoms with Crippen LogP contribution in [0.15, 0.2) is 48.7 Å². The molecule has 0 aliphatic rings. The van der Waals surface area contributed by atoms with E-state index in [1.165, 1.54) is 5.56 Å². The lowest BCUT2D eigenvalue weighted by Gasteiger charge is -2.15. The molecule has 2 aromatic carbocycles. The molecule has 0 bridgehead atoms. The maximum atomic E-state index is 12.7. The summed E-state index contributed by atoms with van der Waals surface area (Å²) in [6.07, 6.45) is 1.61. The molecule has 1 amide bonds. The van der Waals surface area contributed by atoms with Gasteiger partial charge in [-0.05, 0) is 56.2 Å². The van der Waals surface area contributed by atoms with Crippen LogP contribution < -0.4 is 20.1 Å². The molecule has 3 aromatic rings. The van der Waals surface area contributed by atoms with Gasteiger partial charge in [0, 0.05) is 23.6 Å². The number of carbonyl (C=O) groups excluding carboxylic acids is 1. The Morgan fingerprint density at radius 2 is 1.66 bits per heavy atom. The van der Waals surface area contributed by atoms with Gasteiger partial charge in [-0.1, -0.05) is 17.7 Å². The van der Waals surface area contributed by atoms with E-state index in [4.69, 9.17) is 9.47 Å². The highest BCUT2D eigenvalue weighted by Gasteiger charge is 2.13. The summed E-state index contributed by atoms with van der Waals surface area (Å²) < 4.78 is 10.5. The van der Waals surface area contributed by atoms with E-state index < -0.39 is 0 Å². The largest absolute Gasteiger partial charge is 0.497 e. The van der Waals surface area contributed by atoms with Crippen molar-refractivity contribution in [1.29, 1.82) is 0 Å². The Hall–Kier alpha value is -3.54. The lowest BCUT2D eigenvalue weighted by Crippen LogP contribution is -2.14. The first kappa shape index (κ1) is 20.2. The van der Waals surface area contributed by atoms with Gasteiger partial charge in [-0.3, -0.25) is 9.78 Å². The Bertz CT molecular complexity index is 1020. The number of nitrogens with zero attached hydrogens (tertiary/aromatic N) is 1. The first-order valence-corrected chi connectivity index (χ1v) is 9.25. The van der Waals surface area contributed by atoms with E-state index in [1.54, 1.807) is 44.7 Å². The van der Waals surface area contributed by atoms with Gasteiger partial charge in [-0.15, -0.1) is 0 Å². The minimum atomic E-state index is -0.325. The molecule has 0 aliphatic carbocycles. The smallest absolute Gasteiger partial charge is 0.274 e. The molecule has 1 aromatic heterocycles. The standard InChI is InChI=1S/C23H25N3O3/c1-14-10-15(2)22(16(3)11-14)25-17-8-9-24-20(12-17)23(27)26-19-7-6-18(28-4)13-21(19)29-5/h6-13H,1-5H3,(H,24,25)(H,26,27). The van der Waals surface area contributed by atoms with Gasteiger partial charge in [0.2, 0.25) is 0 Å². The predicted octanol–water partition coefficient (Wildman–Crippen LogP) is 5.02. The first-order valence-electron chi connectivity index (χ1n) is 9.25. The maximum absolute atomic E-state index is 12.7. The Kier molecular flexibility index (Phi) is 6.02. The molecule has 0 radical (unpaired) electrons. The van der Waals surface area contributed by atoms with Gasteiger partial charge < -0.3 is 20.1 Å². The van der Waals surface area contributed by atoms with E-state index >= 15 is 0 Å². The Morgan fingerprint density at radius 3 is 2.31 bits per heavy atom. The van der Waals surface area contributed by atoms with Crippen molar-refractivity contribution in [3.63, 3.8) is 0 Å². The number of aryl methyl sites for hydroxylation is 3. The van der Waals surface area contributed by atoms with Crippen LogP contribution in [0.4, 0.5) is 17.1 Å². The van der Waals surface area contributed by atoms with E-state index in [0.29, 0.717) is 22.9 Å². The van der Waals surface area contributed by atoms with Crippen molar-refractivity contribution in [3.05, 3.63) is 71.0 Å². The summed E-state index contributed by atoms with van der Waals surface area (Å²) in [5, 5.41) is 6.24. The molecule has 0 aliphatic heterocycles. The van der Waals surface area contributed by atoms with Crippen LogP contribution in [0.2, 0.25) is 0 Å². The fourth-order valence-electron chi connectivity index (χ4n) is 3.24. The predicted molar refractivity (Wildman–Crippen MR) is 116 cm³/mol. The van der Waals surface area contributed by atoms with E-state index in [1.807, 2.05) is 6.07 Å². The first-order chi connectivity index (χ1) is 13.9. The summed E-state index contributed by atoms with van der Waals surface area (Å²) >= 11 is 0. The molecule has 6 heteroatoms. The molecular weight excluding hydrogens is 366 g/mol. The summed E-state index contributed by atoms with van der Waals surface area (Å²) in [5.41, 5.74) is 6.18. The zero-order chi connectivity index (χ0) is 21.0. The highest BCUT2D eigenvalue weighted by molar-refractivity contribution is 6.04. The third-order valence-electron chi connectivity index (χ3n) is 4.60. The highest BCUT2D eigenvalue weighted by atomic mass is 16.5. The van der Waals surface area contributed by atoms with Crippen LogP contribution in [0.1, 0.15) is 27.2 Å². The Labute approximate surface area is 170 Å². The molecule has 0 atom stereocenters. The average molecular weight is 391 g/mol. The van der Waals surface area contributed by atoms with E-state index in [9.17, 15) is 4.79 Å². The zero-order valence-electron chi connectivity index (χ0n) is 17.3. The van der Waals surface area contributed by atoms with Crippen LogP contribution in [0, 0.1) is 20.8 Å². The second-order valence-electron chi connectivity index (χ2n) is 6.85. The molecule has 1 heterocycles. The van der Waals surface area contributed by atoms with Gasteiger partial charge in [0.05, 0.1) is 19.9 Å². The third kappa shape index (κ3) is 4.66. The SMILES string of the molecule is COc1ccc(NC(=O)c2cc(Nc3c(C)cc(C)cc3C)ccn2)c(OC)c1. The number of ether oxygens (including phenoxy) is 2. The summed E-state index contributed by atoms with van der Waals surface area (Å²) in [5.74, 6) is 0.834. The van der Waals surface area contributed by atoms with Gasteiger partial charge in [-0.25, -0.2) is 0 Å². The third-order valence-corrected chi connectivity index (χ3v) is 4.60. The van der Waals surface area contributed by atoms with Crippen molar-refractivity contribution < 1.29 is 14.3 Å². The molecule has 0 fully saturated rings. The minimum absolute atomic E-state index is 0.301. The number of anilines is 3. The number of carbonyl (C=O) groups is 1. The average Bonchev–Trinajstić information content (AvgIpc) is 2.71. The molecule has 29 heavy (non-hydrogen) atoms. The number of methoxy groups -OCH3 is 2. The number of rotatable bonds is 6. The van der Waals surface area contributed by atoms with E-state index in [2.05, 4.69) is 48.5 Å². The van der Waals surface area contributed by atoms with Crippen molar-refractivity contribution in [3.8, 4) is 11.5 Å². The maximum Gasteiger partial charge on any atom is 0.274 e. The topological polar surface area (TPSA) is 72.5 Å². The molecule has 0 saturated heterocycles. The minimum Gasteiger partial charge on any atom is -0.497 e. The number of benzene rings is 2. The second kappa shape index (κ2) is 8.65. The van der Waals surface area contributed by atoms with Crippen molar-refractivity contribution in [1.82, 2.24) is 4.98 Å². The van der Waals surface area contributed by atoms with Gasteiger partial charge >= 0.3 is 0 Å². The van der Waals surface area contributed by atoms with Crippen LogP contribution in [-0.4, -0.2) is 25.1 Å². The number of hydrogen-bond donors (Lipinski definition) is 2. The molecule has 0 spiro atoms. The summed E-state index contributed by atoms with van der Waals surface area (Å²) in [7, 11) is 3.12. The van der Waals surface area contributed by atoms with E-state index in [-0.39, 0.29) is 5.91 Å². The summed E-state index contributed by atoms with van der Waals surface area (Å²) in [4.78, 5) is 16.9. The van der Waals surface area contributed by atoms with Crippen LogP contribution in [0.5, 0.6) is 11.5 Å². The molecule has 3 rings (SSSR count). The van der Waals surface area contributed by atoms with Crippen molar-refractivity contribution in [2.24, 2.45) is 0 Å². The lowest BCUT2D eigenvalue weighted by molar-refractivity contribution is 0.102. The van der Waals surface area contributed by atoms with Crippen molar-refractivity contribution in [2.75, 3.05) is 24.9 Å². The fourth-order valence-corrected chi connectivity index (χ4v) is 3.24. The van der Waals surface area contributed by atoms with Crippen molar-refractivity contribution in [2.45, 2.75) is 20.8 Å². The molecule has 150 valence electrons. The van der Waals surface area contributed by atoms with Gasteiger partial charge in [0.1, 0.15) is 17.2 Å². The van der Waals surface area contributed by atoms with Gasteiger partial charge in [0.15, 0.2) is 0 Å². The number of hydrogen-bond acceptors (Lipinski definition) is 5. The second-order valence-corrected chi connectivity index (χ2v) is 6.85. The van der Waals surface area contributed by atoms with E-state index in [0.717, 1.165) is 22.5 Å². The summed E-state index contributed by atoms with van der Waals surface area (Å²) in [6.45, 7) is 6.20. The highest BCUT2D eigenvalue weighted by Crippen LogP contribution is 2.30. The molecule has 0 unspecified atom stereocenters. The van der Waals surface area contributed by atoms with Crippen LogP contribution in [-0.2, 0) is 0 Å². The number of aromatic nitrogens is 1. The van der Waals surface area contributed by atoms with Crippen LogP contribution in [0.25, 0.3) is 0 Å². The van der Waals surface area contributed by atoms with Crippen LogP contribution in [0.3, 0.4) is 0 Å². The van der Waals surface area contributed by atoms with Gasteiger partial charge in [-0.2, -0.15) is 0 Å². The molecule has 2 N–H and O–H groups in total. The van der Waals surface area contributed by atoms with Crippen LogP contribution >= 0.6 is 0 Å². The number of pyridine rings is 1. The summed E-state index contributed by atoms with van der Waals surface area (Å²) in [6, 6.07) is 13.0.